The van der Waals surface area contributed by atoms with Gasteiger partial charge in [0.1, 0.15) is 11.4 Å². The van der Waals surface area contributed by atoms with Gasteiger partial charge in [-0.3, -0.25) is 4.79 Å². The lowest BCUT2D eigenvalue weighted by atomic mass is 9.79. The SMILES string of the molecule is CC(=O)NC(c1ccc2c(c1)c(-c1cccc(Cl)c1)cc1nnnn12)(c1ccc(F)cc1Cl)c1cncn1C. The Morgan fingerprint density at radius 2 is 1.90 bits per heavy atom. The first-order valence-corrected chi connectivity index (χ1v) is 12.7. The molecule has 0 bridgehead atoms. The van der Waals surface area contributed by atoms with E-state index in [0.29, 0.717) is 27.5 Å². The van der Waals surface area contributed by atoms with Gasteiger partial charge in [-0.05, 0) is 69.6 Å². The Morgan fingerprint density at radius 1 is 1.05 bits per heavy atom. The van der Waals surface area contributed by atoms with Crippen molar-refractivity contribution in [3.8, 4) is 11.1 Å². The molecule has 1 atom stereocenters. The summed E-state index contributed by atoms with van der Waals surface area (Å²) in [5.74, 6) is -0.809. The smallest absolute Gasteiger partial charge is 0.218 e. The number of hydrogen-bond acceptors (Lipinski definition) is 5. The van der Waals surface area contributed by atoms with Crippen LogP contribution in [-0.2, 0) is 17.4 Å². The molecule has 0 radical (unpaired) electrons. The number of fused-ring (bicyclic) bond motifs is 3. The van der Waals surface area contributed by atoms with E-state index in [1.807, 2.05) is 49.5 Å². The fourth-order valence-corrected chi connectivity index (χ4v) is 5.65. The van der Waals surface area contributed by atoms with Crippen molar-refractivity contribution < 1.29 is 9.18 Å². The third-order valence-electron chi connectivity index (χ3n) is 6.75. The minimum atomic E-state index is -1.32. The number of tetrazole rings is 1. The van der Waals surface area contributed by atoms with Gasteiger partial charge in [-0.2, -0.15) is 4.52 Å². The van der Waals surface area contributed by atoms with E-state index in [2.05, 4.69) is 25.8 Å². The lowest BCUT2D eigenvalue weighted by Crippen LogP contribution is -2.48. The average Bonchev–Trinajstić information content (AvgIpc) is 3.56. The molecule has 0 fully saturated rings. The van der Waals surface area contributed by atoms with E-state index in [-0.39, 0.29) is 10.9 Å². The number of nitrogens with zero attached hydrogens (tertiary/aromatic N) is 6. The van der Waals surface area contributed by atoms with E-state index in [4.69, 9.17) is 23.2 Å². The van der Waals surface area contributed by atoms with E-state index >= 15 is 0 Å². The van der Waals surface area contributed by atoms with Crippen LogP contribution in [0.1, 0.15) is 23.7 Å². The number of nitrogens with one attached hydrogen (secondary N) is 1. The van der Waals surface area contributed by atoms with Crippen molar-refractivity contribution in [3.63, 3.8) is 0 Å². The first-order chi connectivity index (χ1) is 18.8. The molecule has 1 N–H and O–H groups in total. The number of aryl methyl sites for hydroxylation is 1. The molecule has 0 saturated heterocycles. The number of halogens is 3. The van der Waals surface area contributed by atoms with Gasteiger partial charge in [0.2, 0.25) is 5.91 Å². The largest absolute Gasteiger partial charge is 0.337 e. The fraction of sp³-hybridized carbons (Fsp3) is 0.107. The molecular formula is C28H20Cl2FN7O. The minimum Gasteiger partial charge on any atom is -0.337 e. The van der Waals surface area contributed by atoms with E-state index in [0.717, 1.165) is 22.0 Å². The highest BCUT2D eigenvalue weighted by molar-refractivity contribution is 6.31. The number of carbonyl (C=O) groups excluding carboxylic acids is 1. The quantitative estimate of drug-likeness (QED) is 0.299. The zero-order valence-electron chi connectivity index (χ0n) is 20.7. The zero-order valence-corrected chi connectivity index (χ0v) is 22.2. The molecule has 1 unspecified atom stereocenters. The molecule has 3 heterocycles. The van der Waals surface area contributed by atoms with Gasteiger partial charge in [0.05, 0.1) is 23.7 Å². The van der Waals surface area contributed by atoms with Gasteiger partial charge in [-0.1, -0.05) is 47.5 Å². The van der Waals surface area contributed by atoms with Gasteiger partial charge < -0.3 is 9.88 Å². The van der Waals surface area contributed by atoms with Crippen molar-refractivity contribution in [2.75, 3.05) is 0 Å². The van der Waals surface area contributed by atoms with E-state index in [1.165, 1.54) is 19.1 Å². The minimum absolute atomic E-state index is 0.149. The van der Waals surface area contributed by atoms with Gasteiger partial charge in [0.15, 0.2) is 5.65 Å². The average molecular weight is 560 g/mol. The van der Waals surface area contributed by atoms with Crippen molar-refractivity contribution in [2.45, 2.75) is 12.5 Å². The Hall–Kier alpha value is -4.34. The molecular weight excluding hydrogens is 540 g/mol. The van der Waals surface area contributed by atoms with Crippen LogP contribution in [0, 0.1) is 5.82 Å². The zero-order chi connectivity index (χ0) is 27.3. The Labute approximate surface area is 232 Å². The molecule has 0 aliphatic carbocycles. The molecule has 1 amide bonds. The standard InChI is InChI=1S/C28H20Cl2FN7O/c1-16(39)33-28(26-14-32-15-37(26)2,23-8-7-20(31)12-24(23)30)18-6-9-25-22(11-18)21(13-27-34-35-36-38(25)27)17-4-3-5-19(29)10-17/h3-15H,1-2H3,(H,33,39). The number of hydrogen-bond donors (Lipinski definition) is 1. The maximum absolute atomic E-state index is 14.2. The van der Waals surface area contributed by atoms with Crippen molar-refractivity contribution in [1.82, 2.24) is 34.9 Å². The van der Waals surface area contributed by atoms with Crippen molar-refractivity contribution in [1.29, 1.82) is 0 Å². The van der Waals surface area contributed by atoms with Crippen LogP contribution in [-0.4, -0.2) is 35.5 Å². The van der Waals surface area contributed by atoms with Crippen LogP contribution in [0.2, 0.25) is 10.0 Å². The third kappa shape index (κ3) is 4.10. The van der Waals surface area contributed by atoms with Crippen LogP contribution in [0.25, 0.3) is 27.7 Å². The summed E-state index contributed by atoms with van der Waals surface area (Å²) in [6, 6.07) is 19.2. The predicted octanol–water partition coefficient (Wildman–Crippen LogP) is 5.55. The Morgan fingerprint density at radius 3 is 2.62 bits per heavy atom. The fourth-order valence-electron chi connectivity index (χ4n) is 5.15. The monoisotopic (exact) mass is 559 g/mol. The molecule has 3 aromatic heterocycles. The number of amides is 1. The lowest BCUT2D eigenvalue weighted by molar-refractivity contribution is -0.120. The van der Waals surface area contributed by atoms with Gasteiger partial charge in [-0.15, -0.1) is 5.10 Å². The number of benzene rings is 3. The molecule has 3 aromatic carbocycles. The van der Waals surface area contributed by atoms with Crippen molar-refractivity contribution in [3.05, 3.63) is 112 Å². The first kappa shape index (κ1) is 25.0. The number of imidazole rings is 1. The molecule has 0 saturated carbocycles. The second-order valence-electron chi connectivity index (χ2n) is 9.19. The molecule has 11 heteroatoms. The van der Waals surface area contributed by atoms with E-state index < -0.39 is 11.4 Å². The number of rotatable bonds is 5. The molecule has 6 rings (SSSR count). The van der Waals surface area contributed by atoms with Crippen LogP contribution in [0.4, 0.5) is 4.39 Å². The van der Waals surface area contributed by atoms with Gasteiger partial charge in [0, 0.05) is 35.0 Å². The summed E-state index contributed by atoms with van der Waals surface area (Å²) >= 11 is 13.0. The Bertz CT molecular complexity index is 1900. The number of aromatic nitrogens is 6. The molecule has 8 nitrogen and oxygen atoms in total. The highest BCUT2D eigenvalue weighted by Crippen LogP contribution is 2.42. The van der Waals surface area contributed by atoms with Crippen LogP contribution >= 0.6 is 23.2 Å². The summed E-state index contributed by atoms with van der Waals surface area (Å²) in [5, 5.41) is 16.8. The molecule has 0 aliphatic heterocycles. The van der Waals surface area contributed by atoms with Gasteiger partial charge in [0.25, 0.3) is 0 Å². The Kier molecular flexibility index (Phi) is 6.05. The van der Waals surface area contributed by atoms with Crippen LogP contribution < -0.4 is 5.32 Å². The Balaban J connectivity index is 1.75. The maximum Gasteiger partial charge on any atom is 0.218 e. The third-order valence-corrected chi connectivity index (χ3v) is 7.30. The predicted molar refractivity (Wildman–Crippen MR) is 147 cm³/mol. The van der Waals surface area contributed by atoms with E-state index in [9.17, 15) is 9.18 Å². The molecule has 6 aromatic rings. The first-order valence-electron chi connectivity index (χ1n) is 11.9. The highest BCUT2D eigenvalue weighted by atomic mass is 35.5. The summed E-state index contributed by atoms with van der Waals surface area (Å²) in [6.07, 6.45) is 3.29. The summed E-state index contributed by atoms with van der Waals surface area (Å²) in [6.45, 7) is 1.42. The summed E-state index contributed by atoms with van der Waals surface area (Å²) in [7, 11) is 1.82. The number of pyridine rings is 1. The van der Waals surface area contributed by atoms with E-state index in [1.54, 1.807) is 33.7 Å². The van der Waals surface area contributed by atoms with Crippen molar-refractivity contribution in [2.24, 2.45) is 7.05 Å². The van der Waals surface area contributed by atoms with Crippen LogP contribution in [0.5, 0.6) is 0 Å². The molecule has 39 heavy (non-hydrogen) atoms. The summed E-state index contributed by atoms with van der Waals surface area (Å²) < 4.78 is 17.6. The number of carbonyl (C=O) groups is 1. The van der Waals surface area contributed by atoms with Gasteiger partial charge >= 0.3 is 0 Å². The second kappa shape index (κ2) is 9.44. The van der Waals surface area contributed by atoms with Gasteiger partial charge in [-0.25, -0.2) is 9.37 Å². The molecule has 194 valence electrons. The highest BCUT2D eigenvalue weighted by Gasteiger charge is 2.42. The molecule has 0 aliphatic rings. The van der Waals surface area contributed by atoms with Crippen molar-refractivity contribution >= 4 is 45.7 Å². The summed E-state index contributed by atoms with van der Waals surface area (Å²) in [4.78, 5) is 17.1. The van der Waals surface area contributed by atoms with Crippen LogP contribution in [0.3, 0.4) is 0 Å². The summed E-state index contributed by atoms with van der Waals surface area (Å²) in [5.41, 5.74) is 3.45. The molecule has 0 spiro atoms. The maximum atomic E-state index is 14.2. The normalized spacial score (nSPS) is 13.1. The van der Waals surface area contributed by atoms with Crippen LogP contribution in [0.15, 0.2) is 79.3 Å². The second-order valence-corrected chi connectivity index (χ2v) is 10.0. The lowest BCUT2D eigenvalue weighted by Gasteiger charge is -2.37. The topological polar surface area (TPSA) is 90.0 Å².